The molecule has 0 saturated carbocycles. The molecule has 3 rings (SSSR count). The number of rotatable bonds is 11. The maximum absolute atomic E-state index is 13.5. The molecule has 0 unspecified atom stereocenters. The van der Waals surface area contributed by atoms with Crippen LogP contribution < -0.4 is 4.74 Å². The third-order valence-corrected chi connectivity index (χ3v) is 10.2. The third-order valence-electron chi connectivity index (χ3n) is 5.01. The zero-order valence-corrected chi connectivity index (χ0v) is 21.8. The predicted octanol–water partition coefficient (Wildman–Crippen LogP) is 5.83. The first-order valence-electron chi connectivity index (χ1n) is 10.4. The van der Waals surface area contributed by atoms with Gasteiger partial charge >= 0.3 is 5.97 Å². The Labute approximate surface area is 207 Å². The Kier molecular flexibility index (Phi) is 8.69. The predicted molar refractivity (Wildman–Crippen MR) is 136 cm³/mol. The van der Waals surface area contributed by atoms with Gasteiger partial charge in [-0.25, -0.2) is 8.42 Å². The molecule has 0 spiro atoms. The molecular weight excluding hydrogens is 502 g/mol. The summed E-state index contributed by atoms with van der Waals surface area (Å²) in [5, 5.41) is 10.3. The number of hydrogen-bond acceptors (Lipinski definition) is 6. The van der Waals surface area contributed by atoms with Crippen LogP contribution >= 0.6 is 34.7 Å². The fourth-order valence-electron chi connectivity index (χ4n) is 3.41. The molecule has 0 aliphatic carbocycles. The number of hydrogen-bond donors (Lipinski definition) is 1. The molecule has 0 amide bonds. The van der Waals surface area contributed by atoms with E-state index in [0.717, 1.165) is 20.5 Å². The molecule has 0 atom stereocenters. The van der Waals surface area contributed by atoms with Crippen LogP contribution in [0.4, 0.5) is 0 Å². The molecule has 6 nitrogen and oxygen atoms in total. The van der Waals surface area contributed by atoms with Gasteiger partial charge in [-0.2, -0.15) is 4.31 Å². The lowest BCUT2D eigenvalue weighted by Crippen LogP contribution is -2.35. The average Bonchev–Trinajstić information content (AvgIpc) is 3.09. The van der Waals surface area contributed by atoms with E-state index in [1.54, 1.807) is 18.2 Å². The van der Waals surface area contributed by atoms with Crippen LogP contribution in [0, 0.1) is 13.8 Å². The van der Waals surface area contributed by atoms with E-state index >= 15 is 0 Å². The molecule has 1 N–H and O–H groups in total. The Morgan fingerprint density at radius 3 is 2.61 bits per heavy atom. The van der Waals surface area contributed by atoms with Crippen molar-refractivity contribution in [2.45, 2.75) is 36.3 Å². The van der Waals surface area contributed by atoms with E-state index in [-0.39, 0.29) is 18.9 Å². The van der Waals surface area contributed by atoms with Crippen molar-refractivity contribution in [1.29, 1.82) is 0 Å². The molecule has 178 valence electrons. The third kappa shape index (κ3) is 6.22. The van der Waals surface area contributed by atoms with Crippen LogP contribution in [0.25, 0.3) is 10.1 Å². The van der Waals surface area contributed by atoms with Gasteiger partial charge in [0.2, 0.25) is 0 Å². The second-order valence-corrected chi connectivity index (χ2v) is 12.2. The number of nitrogens with zero attached hydrogens (tertiary/aromatic N) is 1. The highest BCUT2D eigenvalue weighted by molar-refractivity contribution is 8.00. The van der Waals surface area contributed by atoms with Gasteiger partial charge in [-0.15, -0.1) is 23.1 Å². The molecule has 1 aromatic heterocycles. The lowest BCUT2D eigenvalue weighted by atomic mass is 10.2. The highest BCUT2D eigenvalue weighted by atomic mass is 35.5. The summed E-state index contributed by atoms with van der Waals surface area (Å²) in [6.07, 6.45) is 0.684. The van der Waals surface area contributed by atoms with Gasteiger partial charge in [0.25, 0.3) is 10.0 Å². The normalized spacial score (nSPS) is 11.9. The van der Waals surface area contributed by atoms with Gasteiger partial charge < -0.3 is 9.84 Å². The second kappa shape index (κ2) is 11.1. The molecular formula is C23H26ClNO5S3. The highest BCUT2D eigenvalue weighted by Gasteiger charge is 2.28. The zero-order valence-electron chi connectivity index (χ0n) is 18.6. The van der Waals surface area contributed by atoms with Crippen molar-refractivity contribution in [3.63, 3.8) is 0 Å². The smallest absolute Gasteiger partial charge is 0.313 e. The van der Waals surface area contributed by atoms with Crippen molar-refractivity contribution in [3.8, 4) is 5.75 Å². The summed E-state index contributed by atoms with van der Waals surface area (Å²) in [5.41, 5.74) is 1.63. The quantitative estimate of drug-likeness (QED) is 0.316. The van der Waals surface area contributed by atoms with Crippen molar-refractivity contribution in [2.75, 3.05) is 25.4 Å². The van der Waals surface area contributed by atoms with E-state index in [9.17, 15) is 13.2 Å². The van der Waals surface area contributed by atoms with E-state index in [1.807, 2.05) is 39.0 Å². The first-order valence-corrected chi connectivity index (χ1v) is 14.0. The Morgan fingerprint density at radius 1 is 1.18 bits per heavy atom. The van der Waals surface area contributed by atoms with Gasteiger partial charge in [-0.05, 0) is 73.2 Å². The van der Waals surface area contributed by atoms with E-state index < -0.39 is 16.0 Å². The van der Waals surface area contributed by atoms with Gasteiger partial charge in [0.1, 0.15) is 16.6 Å². The number of ether oxygens (including phenoxy) is 1. The van der Waals surface area contributed by atoms with Gasteiger partial charge in [-0.3, -0.25) is 4.79 Å². The number of halogens is 1. The summed E-state index contributed by atoms with van der Waals surface area (Å²) in [7, 11) is -3.68. The molecule has 1 heterocycles. The van der Waals surface area contributed by atoms with E-state index in [0.29, 0.717) is 33.5 Å². The summed E-state index contributed by atoms with van der Waals surface area (Å²) >= 11 is 8.62. The first kappa shape index (κ1) is 25.8. The monoisotopic (exact) mass is 527 g/mol. The van der Waals surface area contributed by atoms with E-state index in [1.165, 1.54) is 27.4 Å². The van der Waals surface area contributed by atoms with Gasteiger partial charge in [0, 0.05) is 27.7 Å². The number of benzene rings is 2. The minimum absolute atomic E-state index is 0.00572. The molecule has 2 aromatic carbocycles. The van der Waals surface area contributed by atoms with Crippen LogP contribution in [-0.2, 0) is 14.8 Å². The van der Waals surface area contributed by atoms with Crippen LogP contribution in [0.3, 0.4) is 0 Å². The topological polar surface area (TPSA) is 83.9 Å². The number of carbonyl (C=O) groups is 1. The van der Waals surface area contributed by atoms with Crippen molar-refractivity contribution in [3.05, 3.63) is 52.5 Å². The van der Waals surface area contributed by atoms with Crippen LogP contribution in [0.5, 0.6) is 5.75 Å². The highest BCUT2D eigenvalue weighted by Crippen LogP contribution is 2.37. The van der Waals surface area contributed by atoms with Gasteiger partial charge in [0.15, 0.2) is 0 Å². The Bertz CT molecular complexity index is 1260. The summed E-state index contributed by atoms with van der Waals surface area (Å²) < 4.78 is 35.5. The van der Waals surface area contributed by atoms with Crippen molar-refractivity contribution >= 4 is 60.8 Å². The van der Waals surface area contributed by atoms with Crippen LogP contribution in [0.2, 0.25) is 5.02 Å². The number of sulfonamides is 1. The number of thioether (sulfide) groups is 1. The summed E-state index contributed by atoms with van der Waals surface area (Å²) in [6, 6.07) is 10.8. The minimum Gasteiger partial charge on any atom is -0.492 e. The molecule has 0 aliphatic heterocycles. The summed E-state index contributed by atoms with van der Waals surface area (Å²) in [6.45, 7) is 6.47. The lowest BCUT2D eigenvalue weighted by Gasteiger charge is -2.21. The fourth-order valence-corrected chi connectivity index (χ4v) is 7.71. The molecule has 0 fully saturated rings. The van der Waals surface area contributed by atoms with Crippen molar-refractivity contribution in [2.24, 2.45) is 0 Å². The standard InChI is InChI=1S/C23H26ClNO5S3/c1-4-9-25(10-11-30-18-6-8-20(15(2)12-18)31-14-22(26)27)33(28,29)23-16(3)19-13-17(24)5-7-21(19)32-23/h5-8,12-13H,4,9-11,14H2,1-3H3,(H,26,27). The maximum Gasteiger partial charge on any atom is 0.313 e. The van der Waals surface area contributed by atoms with E-state index in [2.05, 4.69) is 0 Å². The molecule has 0 aliphatic rings. The van der Waals surface area contributed by atoms with E-state index in [4.69, 9.17) is 21.4 Å². The summed E-state index contributed by atoms with van der Waals surface area (Å²) in [4.78, 5) is 11.7. The molecule has 10 heteroatoms. The number of aryl methyl sites for hydroxylation is 2. The maximum atomic E-state index is 13.5. The summed E-state index contributed by atoms with van der Waals surface area (Å²) in [5.74, 6) is -0.253. The van der Waals surface area contributed by atoms with Crippen LogP contribution in [0.15, 0.2) is 45.5 Å². The number of carboxylic acids is 1. The molecule has 3 aromatic rings. The van der Waals surface area contributed by atoms with Crippen molar-refractivity contribution in [1.82, 2.24) is 4.31 Å². The number of thiophene rings is 1. The molecule has 0 bridgehead atoms. The molecule has 0 saturated heterocycles. The lowest BCUT2D eigenvalue weighted by molar-refractivity contribution is -0.133. The van der Waals surface area contributed by atoms with Gasteiger partial charge in [0.05, 0.1) is 5.75 Å². The Balaban J connectivity index is 1.73. The SMILES string of the molecule is CCCN(CCOc1ccc(SCC(=O)O)c(C)c1)S(=O)(=O)c1sc2ccc(Cl)cc2c1C. The van der Waals surface area contributed by atoms with Crippen LogP contribution in [-0.4, -0.2) is 49.2 Å². The fraction of sp³-hybridized carbons (Fsp3) is 0.348. The van der Waals surface area contributed by atoms with Crippen LogP contribution in [0.1, 0.15) is 24.5 Å². The van der Waals surface area contributed by atoms with Crippen molar-refractivity contribution < 1.29 is 23.1 Å². The Morgan fingerprint density at radius 2 is 1.94 bits per heavy atom. The Hall–Kier alpha value is -1.78. The first-order chi connectivity index (χ1) is 15.6. The number of aliphatic carboxylic acids is 1. The average molecular weight is 528 g/mol. The molecule has 0 radical (unpaired) electrons. The number of fused-ring (bicyclic) bond motifs is 1. The molecule has 33 heavy (non-hydrogen) atoms. The zero-order chi connectivity index (χ0) is 24.2. The minimum atomic E-state index is -3.68. The second-order valence-electron chi connectivity index (χ2n) is 7.52. The van der Waals surface area contributed by atoms with Gasteiger partial charge in [-0.1, -0.05) is 18.5 Å². The number of carboxylic acid groups (broad SMARTS) is 1. The largest absolute Gasteiger partial charge is 0.492 e.